The van der Waals surface area contributed by atoms with Gasteiger partial charge in [-0.15, -0.1) is 0 Å². The highest BCUT2D eigenvalue weighted by atomic mass is 19.1. The number of esters is 1. The molecule has 0 fully saturated rings. The predicted octanol–water partition coefficient (Wildman–Crippen LogP) is 6.07. The van der Waals surface area contributed by atoms with Crippen LogP contribution in [0.25, 0.3) is 11.5 Å². The maximum atomic E-state index is 14.1. The van der Waals surface area contributed by atoms with E-state index < -0.39 is 53.0 Å². The number of nitrogens with zero attached hydrogens (tertiary/aromatic N) is 3. The van der Waals surface area contributed by atoms with E-state index in [0.717, 1.165) is 12.3 Å². The summed E-state index contributed by atoms with van der Waals surface area (Å²) in [4.78, 5) is 48.4. The molecule has 1 aliphatic rings. The largest absolute Gasteiger partial charge is 0.497 e. The molecule has 0 saturated heterocycles. The smallest absolute Gasteiger partial charge is 0.408 e. The first-order chi connectivity index (χ1) is 24.3. The van der Waals surface area contributed by atoms with Crippen LogP contribution < -0.4 is 15.4 Å². The minimum atomic E-state index is -1.34. The molecule has 51 heavy (non-hydrogen) atoms. The quantitative estimate of drug-likeness (QED) is 0.176. The molecule has 0 bridgehead atoms. The molecule has 2 N–H and O–H groups in total. The van der Waals surface area contributed by atoms with Gasteiger partial charge in [0, 0.05) is 11.8 Å². The summed E-state index contributed by atoms with van der Waals surface area (Å²) in [5, 5.41) is 9.11. The second-order valence-electron chi connectivity index (χ2n) is 12.8. The summed E-state index contributed by atoms with van der Waals surface area (Å²) in [5.74, 6) is -3.44. The number of allylic oxidation sites excluding steroid dienone is 1. The Morgan fingerprint density at radius 1 is 1.00 bits per heavy atom. The zero-order valence-corrected chi connectivity index (χ0v) is 28.3. The number of carbonyl (C=O) groups is 3. The summed E-state index contributed by atoms with van der Waals surface area (Å²) < 4.78 is 63.1. The van der Waals surface area contributed by atoms with Gasteiger partial charge in [-0.3, -0.25) is 4.79 Å². The van der Waals surface area contributed by atoms with Gasteiger partial charge in [0.25, 0.3) is 0 Å². The minimum Gasteiger partial charge on any atom is -0.497 e. The summed E-state index contributed by atoms with van der Waals surface area (Å²) in [5.41, 5.74) is 0.652. The highest BCUT2D eigenvalue weighted by molar-refractivity contribution is 5.92. The van der Waals surface area contributed by atoms with Crippen molar-refractivity contribution in [2.45, 2.75) is 70.6 Å². The van der Waals surface area contributed by atoms with Crippen molar-refractivity contribution in [3.8, 4) is 17.3 Å². The van der Waals surface area contributed by atoms with E-state index in [2.05, 4.69) is 25.8 Å². The first-order valence-corrected chi connectivity index (χ1v) is 16.0. The number of aromatic nitrogens is 3. The molecule has 2 atom stereocenters. The van der Waals surface area contributed by atoms with E-state index >= 15 is 0 Å². The van der Waals surface area contributed by atoms with Crippen molar-refractivity contribution in [3.63, 3.8) is 0 Å². The number of hydrogen-bond acceptors (Lipinski definition) is 10. The van der Waals surface area contributed by atoms with Crippen LogP contribution in [0.5, 0.6) is 5.75 Å². The monoisotopic (exact) mass is 707 g/mol. The van der Waals surface area contributed by atoms with E-state index in [9.17, 15) is 27.6 Å². The van der Waals surface area contributed by atoms with Gasteiger partial charge in [0.05, 0.1) is 25.3 Å². The summed E-state index contributed by atoms with van der Waals surface area (Å²) >= 11 is 0. The standard InChI is InChI=1S/C36H36F3N5O7/c1-36(2,3)50-35(47)42-30(17-31-43-32(44-51-31)29-12-8-23(37)18-40-29)33(45)41-28-11-7-21(22-13-24(38)16-25(39)14-22)15-27(28)34(46)49-19-20-5-9-26(48-4)10-6-20/h5-6,8-10,12-14,16,18,21,30H,7,11,15,17,19H2,1-4H3,(H,41,45)(H,42,47). The molecule has 15 heteroatoms. The third-order valence-corrected chi connectivity index (χ3v) is 7.77. The third-order valence-electron chi connectivity index (χ3n) is 7.77. The predicted molar refractivity (Wildman–Crippen MR) is 175 cm³/mol. The highest BCUT2D eigenvalue weighted by Gasteiger charge is 2.32. The number of alkyl carbamates (subject to hydrolysis) is 1. The normalized spacial score (nSPS) is 15.2. The van der Waals surface area contributed by atoms with Gasteiger partial charge in [0.1, 0.15) is 47.1 Å². The Bertz CT molecular complexity index is 1890. The lowest BCUT2D eigenvalue weighted by Crippen LogP contribution is -2.49. The van der Waals surface area contributed by atoms with Gasteiger partial charge in [-0.1, -0.05) is 17.3 Å². The molecule has 0 saturated carbocycles. The van der Waals surface area contributed by atoms with Crippen LogP contribution in [0.4, 0.5) is 18.0 Å². The maximum absolute atomic E-state index is 14.1. The van der Waals surface area contributed by atoms with Gasteiger partial charge >= 0.3 is 12.1 Å². The van der Waals surface area contributed by atoms with Gasteiger partial charge < -0.3 is 29.4 Å². The van der Waals surface area contributed by atoms with Crippen LogP contribution in [0, 0.1) is 17.5 Å². The number of ether oxygens (including phenoxy) is 3. The van der Waals surface area contributed by atoms with Crippen molar-refractivity contribution in [2.75, 3.05) is 7.11 Å². The lowest BCUT2D eigenvalue weighted by Gasteiger charge is -2.28. The Morgan fingerprint density at radius 2 is 1.73 bits per heavy atom. The molecular formula is C36H36F3N5O7. The Hall–Kier alpha value is -5.73. The highest BCUT2D eigenvalue weighted by Crippen LogP contribution is 2.37. The number of methoxy groups -OCH3 is 1. The lowest BCUT2D eigenvalue weighted by molar-refractivity contribution is -0.140. The van der Waals surface area contributed by atoms with E-state index in [4.69, 9.17) is 18.7 Å². The number of rotatable bonds is 11. The number of pyridine rings is 1. The van der Waals surface area contributed by atoms with Crippen LogP contribution in [0.2, 0.25) is 0 Å². The summed E-state index contributed by atoms with van der Waals surface area (Å²) in [7, 11) is 1.53. The zero-order chi connectivity index (χ0) is 36.7. The number of hydrogen-bond donors (Lipinski definition) is 2. The second-order valence-corrected chi connectivity index (χ2v) is 12.8. The van der Waals surface area contributed by atoms with Crippen molar-refractivity contribution in [2.24, 2.45) is 0 Å². The summed E-state index contributed by atoms with van der Waals surface area (Å²) in [6, 6.07) is 11.2. The van der Waals surface area contributed by atoms with Crippen LogP contribution in [0.15, 0.2) is 76.6 Å². The molecule has 2 aromatic heterocycles. The van der Waals surface area contributed by atoms with Crippen molar-refractivity contribution in [3.05, 3.63) is 107 Å². The molecule has 12 nitrogen and oxygen atoms in total. The molecule has 2 amide bonds. The number of halogens is 3. The SMILES string of the molecule is COc1ccc(COC(=O)C2=C(NC(=O)C(Cc3nc(-c4ccc(F)cn4)no3)NC(=O)OC(C)(C)C)CCC(c3cc(F)cc(F)c3)C2)cc1. The van der Waals surface area contributed by atoms with Crippen LogP contribution in [-0.4, -0.2) is 51.8 Å². The Balaban J connectivity index is 1.41. The van der Waals surface area contributed by atoms with E-state index in [1.54, 1.807) is 45.0 Å². The number of benzene rings is 2. The summed E-state index contributed by atoms with van der Waals surface area (Å²) in [6.07, 6.45) is 0.236. The molecule has 4 aromatic rings. The Kier molecular flexibility index (Phi) is 11.4. The van der Waals surface area contributed by atoms with Crippen molar-refractivity contribution in [1.29, 1.82) is 0 Å². The fourth-order valence-electron chi connectivity index (χ4n) is 5.36. The number of nitrogens with one attached hydrogen (secondary N) is 2. The third kappa shape index (κ3) is 10.2. The molecule has 2 heterocycles. The van der Waals surface area contributed by atoms with Gasteiger partial charge in [-0.25, -0.2) is 27.7 Å². The van der Waals surface area contributed by atoms with Crippen LogP contribution in [0.1, 0.15) is 63.0 Å². The van der Waals surface area contributed by atoms with Crippen LogP contribution in [-0.2, 0) is 32.1 Å². The number of amides is 2. The van der Waals surface area contributed by atoms with Gasteiger partial charge in [0.2, 0.25) is 17.6 Å². The topological polar surface area (TPSA) is 155 Å². The van der Waals surface area contributed by atoms with E-state index in [1.165, 1.54) is 31.4 Å². The molecule has 5 rings (SSSR count). The first kappa shape index (κ1) is 36.5. The fourth-order valence-corrected chi connectivity index (χ4v) is 5.36. The van der Waals surface area contributed by atoms with E-state index in [1.807, 2.05) is 0 Å². The molecule has 2 aromatic carbocycles. The number of carbonyl (C=O) groups excluding carboxylic acids is 3. The molecular weight excluding hydrogens is 671 g/mol. The van der Waals surface area contributed by atoms with Crippen LogP contribution in [0.3, 0.4) is 0 Å². The molecule has 0 aliphatic heterocycles. The Morgan fingerprint density at radius 3 is 2.37 bits per heavy atom. The van der Waals surface area contributed by atoms with Crippen molar-refractivity contribution < 1.29 is 46.3 Å². The lowest BCUT2D eigenvalue weighted by atomic mass is 9.82. The first-order valence-electron chi connectivity index (χ1n) is 16.0. The second kappa shape index (κ2) is 15.9. The molecule has 1 aliphatic carbocycles. The van der Waals surface area contributed by atoms with Crippen LogP contribution >= 0.6 is 0 Å². The van der Waals surface area contributed by atoms with Crippen molar-refractivity contribution >= 4 is 18.0 Å². The fraction of sp³-hybridized carbons (Fsp3) is 0.333. The van der Waals surface area contributed by atoms with Gasteiger partial charge in [0.15, 0.2) is 0 Å². The molecule has 0 radical (unpaired) electrons. The zero-order valence-electron chi connectivity index (χ0n) is 28.3. The maximum Gasteiger partial charge on any atom is 0.408 e. The molecule has 268 valence electrons. The average Bonchev–Trinajstić information content (AvgIpc) is 3.54. The molecule has 2 unspecified atom stereocenters. The average molecular weight is 708 g/mol. The van der Waals surface area contributed by atoms with E-state index in [-0.39, 0.29) is 54.5 Å². The van der Waals surface area contributed by atoms with E-state index in [0.29, 0.717) is 23.3 Å². The van der Waals surface area contributed by atoms with Gasteiger partial charge in [-0.05, 0) is 93.5 Å². The minimum absolute atomic E-state index is 0.00179. The van der Waals surface area contributed by atoms with Gasteiger partial charge in [-0.2, -0.15) is 4.98 Å². The Labute approximate surface area is 291 Å². The molecule has 0 spiro atoms. The summed E-state index contributed by atoms with van der Waals surface area (Å²) in [6.45, 7) is 4.86. The van der Waals surface area contributed by atoms with Crippen molar-refractivity contribution in [1.82, 2.24) is 25.8 Å².